The highest BCUT2D eigenvalue weighted by molar-refractivity contribution is 7.13. The summed E-state index contributed by atoms with van der Waals surface area (Å²) in [6, 6.07) is 0. The van der Waals surface area contributed by atoms with Crippen LogP contribution < -0.4 is 11.3 Å². The summed E-state index contributed by atoms with van der Waals surface area (Å²) in [6.07, 6.45) is 0. The zero-order valence-electron chi connectivity index (χ0n) is 11.3. The number of rotatable bonds is 4. The minimum atomic E-state index is -0.255. The average Bonchev–Trinajstić information content (AvgIpc) is 2.83. The molecule has 2 heterocycles. The Morgan fingerprint density at radius 1 is 1.53 bits per heavy atom. The van der Waals surface area contributed by atoms with E-state index < -0.39 is 0 Å². The molecule has 0 saturated carbocycles. The fourth-order valence-electron chi connectivity index (χ4n) is 2.02. The maximum atomic E-state index is 11.7. The standard InChI is InChI=1S/C12H20N4O2S/c1-8(2)10-11(12(17)15-13)19-9(14-10)7-16-3-5-18-6-4-16/h8H,3-7,13H2,1-2H3,(H,15,17). The van der Waals surface area contributed by atoms with Gasteiger partial charge in [0.05, 0.1) is 25.5 Å². The molecule has 1 aliphatic heterocycles. The van der Waals surface area contributed by atoms with Crippen LogP contribution >= 0.6 is 11.3 Å². The van der Waals surface area contributed by atoms with Gasteiger partial charge < -0.3 is 4.74 Å². The third-order valence-electron chi connectivity index (χ3n) is 3.04. The van der Waals surface area contributed by atoms with Crippen LogP contribution in [0, 0.1) is 0 Å². The van der Waals surface area contributed by atoms with Gasteiger partial charge >= 0.3 is 0 Å². The van der Waals surface area contributed by atoms with Gasteiger partial charge in [-0.1, -0.05) is 13.8 Å². The van der Waals surface area contributed by atoms with Crippen LogP contribution in [0.5, 0.6) is 0 Å². The lowest BCUT2D eigenvalue weighted by atomic mass is 10.1. The second kappa shape index (κ2) is 6.42. The topological polar surface area (TPSA) is 80.5 Å². The number of hydrogen-bond donors (Lipinski definition) is 2. The van der Waals surface area contributed by atoms with E-state index in [2.05, 4.69) is 15.3 Å². The number of amides is 1. The molecule has 0 radical (unpaired) electrons. The van der Waals surface area contributed by atoms with Crippen molar-refractivity contribution in [2.24, 2.45) is 5.84 Å². The Bertz CT molecular complexity index is 441. The molecule has 19 heavy (non-hydrogen) atoms. The predicted molar refractivity (Wildman–Crippen MR) is 74.0 cm³/mol. The third kappa shape index (κ3) is 3.50. The molecule has 3 N–H and O–H groups in total. The van der Waals surface area contributed by atoms with Gasteiger partial charge in [-0.2, -0.15) is 0 Å². The van der Waals surface area contributed by atoms with Crippen molar-refractivity contribution in [2.45, 2.75) is 26.3 Å². The molecule has 106 valence electrons. The van der Waals surface area contributed by atoms with Crippen molar-refractivity contribution >= 4 is 17.2 Å². The van der Waals surface area contributed by atoms with Crippen molar-refractivity contribution in [1.29, 1.82) is 0 Å². The minimum absolute atomic E-state index is 0.210. The number of nitrogens with zero attached hydrogens (tertiary/aromatic N) is 2. The van der Waals surface area contributed by atoms with Gasteiger partial charge in [0.1, 0.15) is 9.88 Å². The van der Waals surface area contributed by atoms with Crippen LogP contribution in [0.2, 0.25) is 0 Å². The SMILES string of the molecule is CC(C)c1nc(CN2CCOCC2)sc1C(=O)NN. The van der Waals surface area contributed by atoms with E-state index in [4.69, 9.17) is 10.6 Å². The molecule has 1 aromatic rings. The summed E-state index contributed by atoms with van der Waals surface area (Å²) in [5.74, 6) is 5.17. The van der Waals surface area contributed by atoms with Gasteiger partial charge in [-0.15, -0.1) is 11.3 Å². The van der Waals surface area contributed by atoms with Crippen LogP contribution in [0.15, 0.2) is 0 Å². The Kier molecular flexibility index (Phi) is 4.87. The van der Waals surface area contributed by atoms with Gasteiger partial charge in [0, 0.05) is 13.1 Å². The summed E-state index contributed by atoms with van der Waals surface area (Å²) < 4.78 is 5.32. The number of morpholine rings is 1. The Labute approximate surface area is 116 Å². The maximum Gasteiger partial charge on any atom is 0.277 e. The second-order valence-electron chi connectivity index (χ2n) is 4.84. The monoisotopic (exact) mass is 284 g/mol. The number of hydrazine groups is 1. The van der Waals surface area contributed by atoms with Crippen molar-refractivity contribution in [3.05, 3.63) is 15.6 Å². The molecule has 2 rings (SSSR count). The average molecular weight is 284 g/mol. The Hall–Kier alpha value is -1.02. The lowest BCUT2D eigenvalue weighted by Crippen LogP contribution is -2.35. The number of ether oxygens (including phenoxy) is 1. The van der Waals surface area contributed by atoms with Crippen LogP contribution in [0.1, 0.15) is 40.1 Å². The highest BCUT2D eigenvalue weighted by Crippen LogP contribution is 2.26. The molecule has 1 aliphatic rings. The molecule has 0 unspecified atom stereocenters. The van der Waals surface area contributed by atoms with Gasteiger partial charge in [0.15, 0.2) is 0 Å². The quantitative estimate of drug-likeness (QED) is 0.483. The van der Waals surface area contributed by atoms with Crippen LogP contribution in [-0.4, -0.2) is 42.1 Å². The van der Waals surface area contributed by atoms with Gasteiger partial charge in [-0.25, -0.2) is 10.8 Å². The van der Waals surface area contributed by atoms with Crippen LogP contribution in [0.4, 0.5) is 0 Å². The third-order valence-corrected chi connectivity index (χ3v) is 4.10. The van der Waals surface area contributed by atoms with Crippen LogP contribution in [0.3, 0.4) is 0 Å². The largest absolute Gasteiger partial charge is 0.379 e. The number of carbonyl (C=O) groups is 1. The smallest absolute Gasteiger partial charge is 0.277 e. The normalized spacial score (nSPS) is 16.8. The number of aromatic nitrogens is 1. The summed E-state index contributed by atoms with van der Waals surface area (Å²) in [5, 5.41) is 0.962. The number of nitrogens with one attached hydrogen (secondary N) is 1. The Balaban J connectivity index is 2.14. The molecule has 0 spiro atoms. The number of carbonyl (C=O) groups excluding carboxylic acids is 1. The second-order valence-corrected chi connectivity index (χ2v) is 5.92. The summed E-state index contributed by atoms with van der Waals surface area (Å²) in [6.45, 7) is 8.18. The van der Waals surface area contributed by atoms with Crippen molar-refractivity contribution in [3.8, 4) is 0 Å². The van der Waals surface area contributed by atoms with E-state index >= 15 is 0 Å². The molecule has 1 amide bonds. The fraction of sp³-hybridized carbons (Fsp3) is 0.667. The lowest BCUT2D eigenvalue weighted by molar-refractivity contribution is 0.0341. The van der Waals surface area contributed by atoms with E-state index in [1.54, 1.807) is 0 Å². The zero-order valence-corrected chi connectivity index (χ0v) is 12.1. The van der Waals surface area contributed by atoms with Gasteiger partial charge in [0.25, 0.3) is 5.91 Å². The molecule has 7 heteroatoms. The van der Waals surface area contributed by atoms with E-state index in [1.807, 2.05) is 13.8 Å². The first-order chi connectivity index (χ1) is 9.11. The van der Waals surface area contributed by atoms with E-state index in [1.165, 1.54) is 11.3 Å². The fourth-order valence-corrected chi connectivity index (χ4v) is 3.18. The number of thiazole rings is 1. The first-order valence-electron chi connectivity index (χ1n) is 6.42. The molecule has 1 saturated heterocycles. The van der Waals surface area contributed by atoms with Crippen molar-refractivity contribution in [2.75, 3.05) is 26.3 Å². The number of hydrogen-bond acceptors (Lipinski definition) is 6. The van der Waals surface area contributed by atoms with E-state index in [9.17, 15) is 4.79 Å². The highest BCUT2D eigenvalue weighted by atomic mass is 32.1. The molecule has 1 fully saturated rings. The number of nitrogen functional groups attached to an aromatic ring is 1. The molecule has 0 atom stereocenters. The lowest BCUT2D eigenvalue weighted by Gasteiger charge is -2.25. The summed E-state index contributed by atoms with van der Waals surface area (Å²) in [7, 11) is 0. The van der Waals surface area contributed by atoms with E-state index in [-0.39, 0.29) is 11.8 Å². The van der Waals surface area contributed by atoms with Crippen LogP contribution in [-0.2, 0) is 11.3 Å². The van der Waals surface area contributed by atoms with Gasteiger partial charge in [-0.3, -0.25) is 15.1 Å². The molecule has 0 aliphatic carbocycles. The molecule has 0 aromatic carbocycles. The molecular formula is C12H20N4O2S. The van der Waals surface area contributed by atoms with Gasteiger partial charge in [-0.05, 0) is 5.92 Å². The van der Waals surface area contributed by atoms with Crippen LogP contribution in [0.25, 0.3) is 0 Å². The van der Waals surface area contributed by atoms with E-state index in [0.29, 0.717) is 4.88 Å². The highest BCUT2D eigenvalue weighted by Gasteiger charge is 2.21. The van der Waals surface area contributed by atoms with Crippen molar-refractivity contribution in [1.82, 2.24) is 15.3 Å². The Morgan fingerprint density at radius 2 is 2.21 bits per heavy atom. The Morgan fingerprint density at radius 3 is 2.79 bits per heavy atom. The van der Waals surface area contributed by atoms with Crippen molar-refractivity contribution in [3.63, 3.8) is 0 Å². The maximum absolute atomic E-state index is 11.7. The van der Waals surface area contributed by atoms with Crippen molar-refractivity contribution < 1.29 is 9.53 Å². The predicted octanol–water partition coefficient (Wildman–Crippen LogP) is 0.702. The molecule has 1 aromatic heterocycles. The summed E-state index contributed by atoms with van der Waals surface area (Å²) in [5.41, 5.74) is 3.02. The van der Waals surface area contributed by atoms with Gasteiger partial charge in [0.2, 0.25) is 0 Å². The first kappa shape index (κ1) is 14.4. The number of nitrogens with two attached hydrogens (primary N) is 1. The first-order valence-corrected chi connectivity index (χ1v) is 7.24. The van der Waals surface area contributed by atoms with E-state index in [0.717, 1.165) is 43.5 Å². The molecule has 0 bridgehead atoms. The summed E-state index contributed by atoms with van der Waals surface area (Å²) >= 11 is 1.43. The molecule has 6 nitrogen and oxygen atoms in total. The summed E-state index contributed by atoms with van der Waals surface area (Å²) in [4.78, 5) is 19.3. The minimum Gasteiger partial charge on any atom is -0.379 e. The zero-order chi connectivity index (χ0) is 13.8. The molecular weight excluding hydrogens is 264 g/mol.